The molecule has 0 heterocycles. The Morgan fingerprint density at radius 1 is 0.296 bits per heavy atom. The maximum Gasteiger partial charge on any atom is 0.306 e. The van der Waals surface area contributed by atoms with E-state index in [0.29, 0.717) is 19.3 Å². The predicted molar refractivity (Wildman–Crippen MR) is 307 cm³/mol. The summed E-state index contributed by atoms with van der Waals surface area (Å²) in [4.78, 5) is 38.2. The van der Waals surface area contributed by atoms with Crippen molar-refractivity contribution in [3.8, 4) is 0 Å². The van der Waals surface area contributed by atoms with Gasteiger partial charge in [0.1, 0.15) is 13.2 Å². The molecule has 0 aromatic heterocycles. The van der Waals surface area contributed by atoms with Crippen LogP contribution in [0.25, 0.3) is 0 Å². The molecule has 0 radical (unpaired) electrons. The van der Waals surface area contributed by atoms with E-state index in [2.05, 4.69) is 118 Å². The monoisotopic (exact) mass is 987 g/mol. The first-order valence-electron chi connectivity index (χ1n) is 29.7. The molecule has 6 heteroatoms. The zero-order chi connectivity index (χ0) is 51.4. The lowest BCUT2D eigenvalue weighted by atomic mass is 10.0. The maximum absolute atomic E-state index is 12.9. The fourth-order valence-electron chi connectivity index (χ4n) is 8.12. The highest BCUT2D eigenvalue weighted by Crippen LogP contribution is 2.15. The molecule has 0 bridgehead atoms. The molecule has 0 aromatic rings. The number of allylic oxidation sites excluding steroid dienone is 16. The summed E-state index contributed by atoms with van der Waals surface area (Å²) in [6.07, 6.45) is 78.2. The van der Waals surface area contributed by atoms with Gasteiger partial charge in [0.15, 0.2) is 6.10 Å². The van der Waals surface area contributed by atoms with E-state index in [1.807, 2.05) is 0 Å². The van der Waals surface area contributed by atoms with Crippen LogP contribution in [0, 0.1) is 0 Å². The second-order valence-electron chi connectivity index (χ2n) is 19.5. The maximum atomic E-state index is 12.9. The lowest BCUT2D eigenvalue weighted by Crippen LogP contribution is -2.30. The Labute approximate surface area is 438 Å². The second kappa shape index (κ2) is 58.9. The summed E-state index contributed by atoms with van der Waals surface area (Å²) in [5.74, 6) is -0.935. The molecule has 71 heavy (non-hydrogen) atoms. The smallest absolute Gasteiger partial charge is 0.306 e. The van der Waals surface area contributed by atoms with Gasteiger partial charge in [-0.05, 0) is 103 Å². The Bertz CT molecular complexity index is 1410. The molecule has 0 spiro atoms. The molecule has 0 aromatic carbocycles. The molecule has 0 fully saturated rings. The summed E-state index contributed by atoms with van der Waals surface area (Å²) in [6.45, 7) is 6.48. The van der Waals surface area contributed by atoms with Crippen molar-refractivity contribution in [1.29, 1.82) is 0 Å². The number of esters is 3. The Morgan fingerprint density at radius 3 is 0.915 bits per heavy atom. The van der Waals surface area contributed by atoms with Crippen LogP contribution in [0.15, 0.2) is 97.2 Å². The fraction of sp³-hybridized carbons (Fsp3) is 0.708. The standard InChI is InChI=1S/C65H110O6/c1-4-7-10-13-16-19-22-25-27-29-31-32-34-35-37-40-43-46-49-52-55-58-64(67)70-61-62(60-69-63(66)57-54-51-48-45-42-39-24-21-18-15-12-9-6-3)71-65(68)59-56-53-50-47-44-41-38-36-33-30-28-26-23-20-17-14-11-8-5-2/h7,10,16-17,19-20,25-28,31-32,35,37,43,46,62H,4-6,8-9,11-15,18,21-24,29-30,33-34,36,38-42,44-45,47-61H2,1-3H3/b10-7-,19-16-,20-17-,27-25-,28-26-,32-31-,37-35-,46-43-. The number of carbonyl (C=O) groups is 3. The molecule has 1 atom stereocenters. The lowest BCUT2D eigenvalue weighted by Gasteiger charge is -2.18. The fourth-order valence-corrected chi connectivity index (χ4v) is 8.12. The summed E-state index contributed by atoms with van der Waals surface area (Å²) in [6, 6.07) is 0. The quantitative estimate of drug-likeness (QED) is 0.0261. The average Bonchev–Trinajstić information content (AvgIpc) is 3.37. The third kappa shape index (κ3) is 57.1. The van der Waals surface area contributed by atoms with Gasteiger partial charge < -0.3 is 14.2 Å². The molecule has 406 valence electrons. The molecule has 0 aliphatic carbocycles. The summed E-state index contributed by atoms with van der Waals surface area (Å²) < 4.78 is 16.9. The molecule has 0 saturated heterocycles. The van der Waals surface area contributed by atoms with Gasteiger partial charge >= 0.3 is 17.9 Å². The first-order chi connectivity index (χ1) is 35.0. The Balaban J connectivity index is 4.45. The SMILES string of the molecule is CC/C=C\C/C=C\C/C=C\C/C=C\C/C=C\C/C=C\CCCCC(=O)OCC(COC(=O)CCCCCCCCCCCCCCC)OC(=O)CCCCCCCCCCC/C=C\C/C=C\CCCCC. The highest BCUT2D eigenvalue weighted by atomic mass is 16.6. The van der Waals surface area contributed by atoms with E-state index in [-0.39, 0.29) is 31.1 Å². The van der Waals surface area contributed by atoms with Gasteiger partial charge in [-0.2, -0.15) is 0 Å². The zero-order valence-corrected chi connectivity index (χ0v) is 46.5. The van der Waals surface area contributed by atoms with Crippen molar-refractivity contribution >= 4 is 17.9 Å². The van der Waals surface area contributed by atoms with Gasteiger partial charge in [-0.3, -0.25) is 14.4 Å². The predicted octanol–water partition coefficient (Wildman–Crippen LogP) is 20.1. The first kappa shape index (κ1) is 67.3. The van der Waals surface area contributed by atoms with E-state index in [4.69, 9.17) is 14.2 Å². The minimum Gasteiger partial charge on any atom is -0.462 e. The van der Waals surface area contributed by atoms with E-state index in [1.165, 1.54) is 135 Å². The van der Waals surface area contributed by atoms with Crippen LogP contribution >= 0.6 is 0 Å². The summed E-state index contributed by atoms with van der Waals surface area (Å²) in [7, 11) is 0. The molecular formula is C65H110O6. The van der Waals surface area contributed by atoms with Gasteiger partial charge in [0.25, 0.3) is 0 Å². The first-order valence-corrected chi connectivity index (χ1v) is 29.7. The summed E-state index contributed by atoms with van der Waals surface area (Å²) in [5.41, 5.74) is 0. The number of rotatable bonds is 53. The van der Waals surface area contributed by atoms with E-state index < -0.39 is 6.10 Å². The van der Waals surface area contributed by atoms with Gasteiger partial charge in [0.05, 0.1) is 0 Å². The van der Waals surface area contributed by atoms with Crippen LogP contribution in [0.3, 0.4) is 0 Å². The number of ether oxygens (including phenoxy) is 3. The minimum absolute atomic E-state index is 0.0915. The Kier molecular flexibility index (Phi) is 55.9. The third-order valence-electron chi connectivity index (χ3n) is 12.6. The van der Waals surface area contributed by atoms with Crippen LogP contribution in [-0.2, 0) is 28.6 Å². The molecule has 0 aliphatic heterocycles. The van der Waals surface area contributed by atoms with Crippen LogP contribution < -0.4 is 0 Å². The van der Waals surface area contributed by atoms with Crippen LogP contribution in [-0.4, -0.2) is 37.2 Å². The molecule has 1 unspecified atom stereocenters. The van der Waals surface area contributed by atoms with Crippen molar-refractivity contribution in [3.05, 3.63) is 97.2 Å². The number of unbranched alkanes of at least 4 members (excludes halogenated alkanes) is 26. The van der Waals surface area contributed by atoms with Crippen molar-refractivity contribution in [2.75, 3.05) is 13.2 Å². The van der Waals surface area contributed by atoms with Gasteiger partial charge in [0.2, 0.25) is 0 Å². The lowest BCUT2D eigenvalue weighted by molar-refractivity contribution is -0.167. The zero-order valence-electron chi connectivity index (χ0n) is 46.5. The van der Waals surface area contributed by atoms with Gasteiger partial charge in [-0.15, -0.1) is 0 Å². The highest BCUT2D eigenvalue weighted by Gasteiger charge is 2.19. The van der Waals surface area contributed by atoms with Gasteiger partial charge in [-0.25, -0.2) is 0 Å². The van der Waals surface area contributed by atoms with Crippen LogP contribution in [0.1, 0.15) is 278 Å². The summed E-state index contributed by atoms with van der Waals surface area (Å²) >= 11 is 0. The molecule has 0 amide bonds. The van der Waals surface area contributed by atoms with Gasteiger partial charge in [0, 0.05) is 19.3 Å². The second-order valence-corrected chi connectivity index (χ2v) is 19.5. The minimum atomic E-state index is -0.798. The van der Waals surface area contributed by atoms with E-state index in [0.717, 1.165) is 103 Å². The highest BCUT2D eigenvalue weighted by molar-refractivity contribution is 5.71. The van der Waals surface area contributed by atoms with Crippen LogP contribution in [0.2, 0.25) is 0 Å². The van der Waals surface area contributed by atoms with Crippen LogP contribution in [0.5, 0.6) is 0 Å². The number of carbonyl (C=O) groups excluding carboxylic acids is 3. The van der Waals surface area contributed by atoms with Crippen molar-refractivity contribution < 1.29 is 28.6 Å². The van der Waals surface area contributed by atoms with E-state index in [9.17, 15) is 14.4 Å². The molecule has 0 saturated carbocycles. The number of hydrogen-bond acceptors (Lipinski definition) is 6. The number of hydrogen-bond donors (Lipinski definition) is 0. The summed E-state index contributed by atoms with van der Waals surface area (Å²) in [5, 5.41) is 0. The van der Waals surface area contributed by atoms with Crippen LogP contribution in [0.4, 0.5) is 0 Å². The van der Waals surface area contributed by atoms with E-state index in [1.54, 1.807) is 0 Å². The van der Waals surface area contributed by atoms with Crippen molar-refractivity contribution in [2.24, 2.45) is 0 Å². The molecule has 0 aliphatic rings. The van der Waals surface area contributed by atoms with E-state index >= 15 is 0 Å². The molecular weight excluding hydrogens is 877 g/mol. The largest absolute Gasteiger partial charge is 0.462 e. The topological polar surface area (TPSA) is 78.9 Å². The molecule has 0 N–H and O–H groups in total. The molecule has 6 nitrogen and oxygen atoms in total. The Morgan fingerprint density at radius 2 is 0.549 bits per heavy atom. The average molecular weight is 988 g/mol. The third-order valence-corrected chi connectivity index (χ3v) is 12.6. The normalized spacial score (nSPS) is 12.8. The van der Waals surface area contributed by atoms with Crippen molar-refractivity contribution in [3.63, 3.8) is 0 Å². The van der Waals surface area contributed by atoms with Crippen molar-refractivity contribution in [1.82, 2.24) is 0 Å². The van der Waals surface area contributed by atoms with Crippen molar-refractivity contribution in [2.45, 2.75) is 284 Å². The van der Waals surface area contributed by atoms with Gasteiger partial charge in [-0.1, -0.05) is 253 Å². The Hall–Kier alpha value is -3.67. The molecule has 0 rings (SSSR count).